The van der Waals surface area contributed by atoms with Gasteiger partial charge in [-0.15, -0.1) is 24.0 Å². The molecule has 1 fully saturated rings. The monoisotopic (exact) mass is 543 g/mol. The van der Waals surface area contributed by atoms with E-state index in [1.165, 1.54) is 0 Å². The molecule has 0 unspecified atom stereocenters. The van der Waals surface area contributed by atoms with Crippen molar-refractivity contribution in [2.24, 2.45) is 10.9 Å². The van der Waals surface area contributed by atoms with E-state index in [0.29, 0.717) is 19.1 Å². The molecule has 1 aromatic rings. The Morgan fingerprint density at radius 1 is 1.26 bits per heavy atom. The molecule has 0 bridgehead atoms. The van der Waals surface area contributed by atoms with E-state index in [0.717, 1.165) is 49.7 Å². The fourth-order valence-corrected chi connectivity index (χ4v) is 3.84. The Morgan fingerprint density at radius 2 is 1.97 bits per heavy atom. The third kappa shape index (κ3) is 6.72. The molecule has 2 aliphatic heterocycles. The zero-order valence-corrected chi connectivity index (χ0v) is 20.9. The molecule has 2 amide bonds. The van der Waals surface area contributed by atoms with Crippen LogP contribution in [0.3, 0.4) is 0 Å². The lowest BCUT2D eigenvalue weighted by Gasteiger charge is -2.34. The minimum absolute atomic E-state index is 0. The van der Waals surface area contributed by atoms with E-state index < -0.39 is 0 Å². The molecule has 1 saturated heterocycles. The highest BCUT2D eigenvalue weighted by Gasteiger charge is 2.26. The van der Waals surface area contributed by atoms with Gasteiger partial charge in [-0.1, -0.05) is 26.0 Å². The molecule has 31 heavy (non-hydrogen) atoms. The number of rotatable bonds is 6. The lowest BCUT2D eigenvalue weighted by molar-refractivity contribution is -0.135. The van der Waals surface area contributed by atoms with E-state index in [2.05, 4.69) is 15.6 Å². The number of anilines is 1. The Morgan fingerprint density at radius 3 is 2.65 bits per heavy atom. The lowest BCUT2D eigenvalue weighted by atomic mass is 10.0. The Bertz CT molecular complexity index is 778. The standard InChI is InChI=1S/C22H33N5O3.HI/c1-16(2)21(29)26-13-9-17(10-14-26)25-22(23-3)24-11-6-12-27-18-7-4-5-8-19(18)30-15-20(27)28;/h4-5,7-8,16-17H,6,9-15H2,1-3H3,(H2,23,24,25);1H. The molecule has 2 aliphatic rings. The van der Waals surface area contributed by atoms with Crippen molar-refractivity contribution in [3.05, 3.63) is 24.3 Å². The van der Waals surface area contributed by atoms with Crippen LogP contribution in [-0.4, -0.2) is 68.5 Å². The first-order valence-electron chi connectivity index (χ1n) is 10.8. The quantitative estimate of drug-likeness (QED) is 0.249. The van der Waals surface area contributed by atoms with Gasteiger partial charge in [0.15, 0.2) is 12.6 Å². The number of fused-ring (bicyclic) bond motifs is 1. The summed E-state index contributed by atoms with van der Waals surface area (Å²) in [6.45, 7) is 6.87. The number of amides is 2. The van der Waals surface area contributed by atoms with Gasteiger partial charge in [0.2, 0.25) is 5.91 Å². The number of nitrogens with zero attached hydrogens (tertiary/aromatic N) is 3. The van der Waals surface area contributed by atoms with Crippen molar-refractivity contribution in [3.8, 4) is 5.75 Å². The van der Waals surface area contributed by atoms with E-state index in [4.69, 9.17) is 4.74 Å². The number of halogens is 1. The topological polar surface area (TPSA) is 86.3 Å². The normalized spacial score (nSPS) is 17.0. The zero-order chi connectivity index (χ0) is 21.5. The number of benzene rings is 1. The number of hydrogen-bond acceptors (Lipinski definition) is 4. The fraction of sp³-hybridized carbons (Fsp3) is 0.591. The fourth-order valence-electron chi connectivity index (χ4n) is 3.84. The van der Waals surface area contributed by atoms with Crippen LogP contribution in [-0.2, 0) is 9.59 Å². The third-order valence-electron chi connectivity index (χ3n) is 5.52. The van der Waals surface area contributed by atoms with Gasteiger partial charge in [-0.25, -0.2) is 0 Å². The molecule has 0 aromatic heterocycles. The number of aliphatic imine (C=N–C) groups is 1. The summed E-state index contributed by atoms with van der Waals surface area (Å²) in [5, 5.41) is 6.79. The van der Waals surface area contributed by atoms with E-state index in [1.54, 1.807) is 11.9 Å². The van der Waals surface area contributed by atoms with Gasteiger partial charge in [-0.3, -0.25) is 14.6 Å². The molecular formula is C22H34IN5O3. The second-order valence-corrected chi connectivity index (χ2v) is 8.05. The molecule has 8 nitrogen and oxygen atoms in total. The van der Waals surface area contributed by atoms with Gasteiger partial charge in [-0.2, -0.15) is 0 Å². The molecule has 9 heteroatoms. The van der Waals surface area contributed by atoms with Crippen LogP contribution in [0.2, 0.25) is 0 Å². The molecule has 172 valence electrons. The second-order valence-electron chi connectivity index (χ2n) is 8.05. The Hall–Kier alpha value is -2.04. The summed E-state index contributed by atoms with van der Waals surface area (Å²) in [4.78, 5) is 32.4. The number of carbonyl (C=O) groups is 2. The molecule has 0 aliphatic carbocycles. The summed E-state index contributed by atoms with van der Waals surface area (Å²) in [5.41, 5.74) is 0.832. The molecular weight excluding hydrogens is 509 g/mol. The third-order valence-corrected chi connectivity index (χ3v) is 5.52. The van der Waals surface area contributed by atoms with Crippen LogP contribution in [0.15, 0.2) is 29.3 Å². The molecule has 0 saturated carbocycles. The van der Waals surface area contributed by atoms with E-state index in [-0.39, 0.29) is 48.3 Å². The summed E-state index contributed by atoms with van der Waals surface area (Å²) in [7, 11) is 1.76. The highest BCUT2D eigenvalue weighted by Crippen LogP contribution is 2.31. The average Bonchev–Trinajstić information content (AvgIpc) is 2.76. The zero-order valence-electron chi connectivity index (χ0n) is 18.6. The first-order chi connectivity index (χ1) is 14.5. The smallest absolute Gasteiger partial charge is 0.265 e. The van der Waals surface area contributed by atoms with Gasteiger partial charge >= 0.3 is 0 Å². The Balaban J connectivity index is 0.00000341. The van der Waals surface area contributed by atoms with Crippen molar-refractivity contribution in [1.82, 2.24) is 15.5 Å². The number of carbonyl (C=O) groups excluding carboxylic acids is 2. The van der Waals surface area contributed by atoms with Crippen LogP contribution in [0.4, 0.5) is 5.69 Å². The summed E-state index contributed by atoms with van der Waals surface area (Å²) in [6, 6.07) is 7.93. The van der Waals surface area contributed by atoms with Crippen LogP contribution in [0, 0.1) is 5.92 Å². The van der Waals surface area contributed by atoms with E-state index in [1.807, 2.05) is 43.0 Å². The maximum Gasteiger partial charge on any atom is 0.265 e. The Kier molecular flexibility index (Phi) is 9.86. The highest BCUT2D eigenvalue weighted by atomic mass is 127. The molecule has 1 aromatic carbocycles. The summed E-state index contributed by atoms with van der Waals surface area (Å²) in [5.74, 6) is 1.78. The molecule has 2 heterocycles. The molecule has 2 N–H and O–H groups in total. The van der Waals surface area contributed by atoms with Crippen LogP contribution in [0.25, 0.3) is 0 Å². The maximum absolute atomic E-state index is 12.2. The number of guanidine groups is 1. The number of nitrogens with one attached hydrogen (secondary N) is 2. The van der Waals surface area contributed by atoms with Crippen molar-refractivity contribution in [1.29, 1.82) is 0 Å². The van der Waals surface area contributed by atoms with Gasteiger partial charge < -0.3 is 25.2 Å². The van der Waals surface area contributed by atoms with Gasteiger partial charge in [0, 0.05) is 45.2 Å². The number of ether oxygens (including phenoxy) is 1. The van der Waals surface area contributed by atoms with Gasteiger partial charge in [0.25, 0.3) is 5.91 Å². The minimum atomic E-state index is -0.0149. The average molecular weight is 543 g/mol. The van der Waals surface area contributed by atoms with E-state index >= 15 is 0 Å². The molecule has 3 rings (SSSR count). The summed E-state index contributed by atoms with van der Waals surface area (Å²) >= 11 is 0. The SMILES string of the molecule is CN=C(NCCCN1C(=O)COc2ccccc21)NC1CCN(C(=O)C(C)C)CC1.I. The predicted octanol–water partition coefficient (Wildman–Crippen LogP) is 2.23. The maximum atomic E-state index is 12.2. The summed E-state index contributed by atoms with van der Waals surface area (Å²) in [6.07, 6.45) is 2.62. The largest absolute Gasteiger partial charge is 0.482 e. The minimum Gasteiger partial charge on any atom is -0.482 e. The number of piperidine rings is 1. The first-order valence-corrected chi connectivity index (χ1v) is 10.8. The van der Waals surface area contributed by atoms with Crippen molar-refractivity contribution >= 4 is 47.4 Å². The van der Waals surface area contributed by atoms with Gasteiger partial charge in [0.05, 0.1) is 5.69 Å². The number of para-hydroxylation sites is 2. The second kappa shape index (κ2) is 12.1. The van der Waals surface area contributed by atoms with Gasteiger partial charge in [0.1, 0.15) is 5.75 Å². The predicted molar refractivity (Wildman–Crippen MR) is 133 cm³/mol. The van der Waals surface area contributed by atoms with Crippen molar-refractivity contribution in [2.45, 2.75) is 39.2 Å². The summed E-state index contributed by atoms with van der Waals surface area (Å²) < 4.78 is 5.49. The Labute approximate surface area is 201 Å². The van der Waals surface area contributed by atoms with Crippen LogP contribution in [0.1, 0.15) is 33.1 Å². The van der Waals surface area contributed by atoms with E-state index in [9.17, 15) is 9.59 Å². The molecule has 0 spiro atoms. The molecule has 0 atom stereocenters. The number of likely N-dealkylation sites (tertiary alicyclic amines) is 1. The van der Waals surface area contributed by atoms with Crippen LogP contribution >= 0.6 is 24.0 Å². The van der Waals surface area contributed by atoms with Crippen LogP contribution in [0.5, 0.6) is 5.75 Å². The molecule has 0 radical (unpaired) electrons. The van der Waals surface area contributed by atoms with Crippen molar-refractivity contribution < 1.29 is 14.3 Å². The lowest BCUT2D eigenvalue weighted by Crippen LogP contribution is -2.50. The van der Waals surface area contributed by atoms with Crippen LogP contribution < -0.4 is 20.3 Å². The number of hydrogen-bond donors (Lipinski definition) is 2. The highest BCUT2D eigenvalue weighted by molar-refractivity contribution is 14.0. The first kappa shape index (κ1) is 25.2. The van der Waals surface area contributed by atoms with Gasteiger partial charge in [-0.05, 0) is 31.4 Å². The van der Waals surface area contributed by atoms with Crippen molar-refractivity contribution in [2.75, 3.05) is 44.7 Å². The van der Waals surface area contributed by atoms with Crippen molar-refractivity contribution in [3.63, 3.8) is 0 Å².